The van der Waals surface area contributed by atoms with Gasteiger partial charge < -0.3 is 19.1 Å². The van der Waals surface area contributed by atoms with Crippen molar-refractivity contribution in [1.29, 1.82) is 0 Å². The van der Waals surface area contributed by atoms with Gasteiger partial charge in [0.15, 0.2) is 5.75 Å². The molecule has 2 atom stereocenters. The van der Waals surface area contributed by atoms with E-state index in [1.165, 1.54) is 18.0 Å². The molecule has 32 heavy (non-hydrogen) atoms. The number of hydrogen-bond donors (Lipinski definition) is 1. The van der Waals surface area contributed by atoms with E-state index in [2.05, 4.69) is 10.1 Å². The Labute approximate surface area is 185 Å². The predicted molar refractivity (Wildman–Crippen MR) is 119 cm³/mol. The topological polar surface area (TPSA) is 91.4 Å². The fourth-order valence-electron chi connectivity index (χ4n) is 3.67. The van der Waals surface area contributed by atoms with E-state index in [4.69, 9.17) is 9.47 Å². The molecule has 0 saturated heterocycles. The highest BCUT2D eigenvalue weighted by Crippen LogP contribution is 2.32. The van der Waals surface area contributed by atoms with Gasteiger partial charge in [0.25, 0.3) is 5.56 Å². The van der Waals surface area contributed by atoms with Gasteiger partial charge in [-0.2, -0.15) is 5.10 Å². The minimum atomic E-state index is -1.24. The summed E-state index contributed by atoms with van der Waals surface area (Å²) in [5, 5.41) is 15.5. The second kappa shape index (κ2) is 9.07. The lowest BCUT2D eigenvalue weighted by Crippen LogP contribution is -2.31. The molecular weight excluding hydrogens is 408 g/mol. The van der Waals surface area contributed by atoms with Gasteiger partial charge in [0.05, 0.1) is 44.0 Å². The molecule has 0 fully saturated rings. The van der Waals surface area contributed by atoms with Gasteiger partial charge in [-0.1, -0.05) is 36.4 Å². The van der Waals surface area contributed by atoms with Gasteiger partial charge in [0, 0.05) is 12.4 Å². The van der Waals surface area contributed by atoms with Gasteiger partial charge >= 0.3 is 0 Å². The normalized spacial score (nSPS) is 12.9. The van der Waals surface area contributed by atoms with Crippen LogP contribution >= 0.6 is 0 Å². The number of methoxy groups -OCH3 is 2. The van der Waals surface area contributed by atoms with E-state index in [1.807, 2.05) is 37.3 Å². The summed E-state index contributed by atoms with van der Waals surface area (Å²) in [5.41, 5.74) is 1.87. The highest BCUT2D eigenvalue weighted by molar-refractivity contribution is 5.51. The molecule has 1 N–H and O–H groups in total. The van der Waals surface area contributed by atoms with Gasteiger partial charge in [0.2, 0.25) is 0 Å². The summed E-state index contributed by atoms with van der Waals surface area (Å²) in [5.74, 6) is 0.752. The number of hydrogen-bond acceptors (Lipinski definition) is 6. The summed E-state index contributed by atoms with van der Waals surface area (Å²) in [6, 6.07) is 14.5. The molecule has 0 spiro atoms. The number of aromatic nitrogens is 4. The molecule has 8 heteroatoms. The zero-order valence-electron chi connectivity index (χ0n) is 18.0. The van der Waals surface area contributed by atoms with Gasteiger partial charge in [-0.05, 0) is 30.2 Å². The molecular formula is C24H24N4O4. The van der Waals surface area contributed by atoms with E-state index in [9.17, 15) is 9.90 Å². The third kappa shape index (κ3) is 3.88. The van der Waals surface area contributed by atoms with Crippen molar-refractivity contribution in [2.45, 2.75) is 19.1 Å². The Hall–Kier alpha value is -3.91. The molecule has 0 radical (unpaired) electrons. The summed E-state index contributed by atoms with van der Waals surface area (Å²) < 4.78 is 14.0. The van der Waals surface area contributed by atoms with Crippen molar-refractivity contribution in [3.8, 4) is 17.2 Å². The molecule has 164 valence electrons. The fourth-order valence-corrected chi connectivity index (χ4v) is 3.67. The fraction of sp³-hybridized carbons (Fsp3) is 0.208. The molecule has 0 amide bonds. The molecule has 4 aromatic rings. The van der Waals surface area contributed by atoms with E-state index in [-0.39, 0.29) is 17.4 Å². The first-order valence-electron chi connectivity index (χ1n) is 10.1. The Balaban J connectivity index is 1.78. The van der Waals surface area contributed by atoms with Crippen LogP contribution in [-0.4, -0.2) is 38.7 Å². The molecule has 0 bridgehead atoms. The molecule has 8 nitrogen and oxygen atoms in total. The van der Waals surface area contributed by atoms with Crippen molar-refractivity contribution in [3.05, 3.63) is 100 Å². The Kier molecular flexibility index (Phi) is 6.04. The number of benzene rings is 2. The molecule has 2 aromatic carbocycles. The third-order valence-electron chi connectivity index (χ3n) is 5.45. The van der Waals surface area contributed by atoms with Gasteiger partial charge in [-0.3, -0.25) is 4.79 Å². The van der Waals surface area contributed by atoms with Crippen LogP contribution in [0.3, 0.4) is 0 Å². The monoisotopic (exact) mass is 432 g/mol. The largest absolute Gasteiger partial charge is 0.495 e. The van der Waals surface area contributed by atoms with Crippen LogP contribution in [0.4, 0.5) is 0 Å². The molecule has 2 unspecified atom stereocenters. The van der Waals surface area contributed by atoms with E-state index < -0.39 is 11.7 Å². The summed E-state index contributed by atoms with van der Waals surface area (Å²) in [4.78, 5) is 17.5. The third-order valence-corrected chi connectivity index (χ3v) is 5.45. The van der Waals surface area contributed by atoms with Crippen LogP contribution in [-0.2, 0) is 0 Å². The first kappa shape index (κ1) is 21.3. The zero-order valence-corrected chi connectivity index (χ0v) is 18.0. The minimum Gasteiger partial charge on any atom is -0.495 e. The summed E-state index contributed by atoms with van der Waals surface area (Å²) in [6.45, 7) is 1.88. The Morgan fingerprint density at radius 1 is 1.00 bits per heavy atom. The van der Waals surface area contributed by atoms with E-state index in [1.54, 1.807) is 48.6 Å². The lowest BCUT2D eigenvalue weighted by molar-refractivity contribution is 0.210. The van der Waals surface area contributed by atoms with Gasteiger partial charge in [-0.15, -0.1) is 0 Å². The minimum absolute atomic E-state index is 0.114. The molecule has 2 heterocycles. The van der Waals surface area contributed by atoms with Crippen LogP contribution in [0, 0.1) is 0 Å². The Morgan fingerprint density at radius 3 is 2.41 bits per heavy atom. The Bertz CT molecular complexity index is 1250. The average Bonchev–Trinajstić information content (AvgIpc) is 3.38. The van der Waals surface area contributed by atoms with Gasteiger partial charge in [0.1, 0.15) is 11.9 Å². The van der Waals surface area contributed by atoms with Crippen molar-refractivity contribution in [2.75, 3.05) is 14.2 Å². The average molecular weight is 432 g/mol. The smallest absolute Gasteiger partial charge is 0.277 e. The highest BCUT2D eigenvalue weighted by Gasteiger charge is 2.25. The van der Waals surface area contributed by atoms with E-state index in [0.717, 1.165) is 11.3 Å². The number of rotatable bonds is 7. The van der Waals surface area contributed by atoms with E-state index >= 15 is 0 Å². The number of imidazole rings is 1. The quantitative estimate of drug-likeness (QED) is 0.482. The molecule has 0 aliphatic rings. The van der Waals surface area contributed by atoms with Crippen LogP contribution in [0.1, 0.15) is 35.8 Å². The molecule has 4 rings (SSSR count). The number of aliphatic hydroxyl groups is 1. The molecule has 0 saturated carbocycles. The van der Waals surface area contributed by atoms with Crippen molar-refractivity contribution in [2.24, 2.45) is 0 Å². The highest BCUT2D eigenvalue weighted by atomic mass is 16.5. The summed E-state index contributed by atoms with van der Waals surface area (Å²) in [6.07, 6.45) is 5.34. The van der Waals surface area contributed by atoms with Crippen molar-refractivity contribution in [3.63, 3.8) is 0 Å². The van der Waals surface area contributed by atoms with Crippen molar-refractivity contribution < 1.29 is 14.6 Å². The van der Waals surface area contributed by atoms with Crippen LogP contribution in [0.5, 0.6) is 11.5 Å². The molecule has 0 aliphatic carbocycles. The van der Waals surface area contributed by atoms with Gasteiger partial charge in [-0.25, -0.2) is 9.67 Å². The zero-order chi connectivity index (χ0) is 22.7. The first-order valence-corrected chi connectivity index (χ1v) is 10.1. The lowest BCUT2D eigenvalue weighted by atomic mass is 10.0. The van der Waals surface area contributed by atoms with Crippen molar-refractivity contribution in [1.82, 2.24) is 19.3 Å². The maximum Gasteiger partial charge on any atom is 0.277 e. The summed E-state index contributed by atoms with van der Waals surface area (Å²) in [7, 11) is 2.99. The van der Waals surface area contributed by atoms with Crippen LogP contribution < -0.4 is 15.0 Å². The van der Waals surface area contributed by atoms with Crippen LogP contribution in [0.15, 0.2) is 78.2 Å². The Morgan fingerprint density at radius 2 is 1.75 bits per heavy atom. The maximum atomic E-state index is 13.4. The second-order valence-corrected chi connectivity index (χ2v) is 7.27. The second-order valence-electron chi connectivity index (χ2n) is 7.27. The number of nitrogens with zero attached hydrogens (tertiary/aromatic N) is 4. The number of ether oxygens (including phenoxy) is 2. The van der Waals surface area contributed by atoms with Crippen LogP contribution in [0.2, 0.25) is 0 Å². The lowest BCUT2D eigenvalue weighted by Gasteiger charge is -2.20. The van der Waals surface area contributed by atoms with Crippen molar-refractivity contribution >= 4 is 0 Å². The standard InChI is InChI=1S/C24H24N4O4/c1-16(17-7-5-4-6-8-17)28-24(30)22(21(32-3)14-26-28)23(29)18-9-10-19(20(13-18)31-2)27-12-11-25-15-27/h4-16,23,29H,1-3H3. The summed E-state index contributed by atoms with van der Waals surface area (Å²) >= 11 is 0. The first-order chi connectivity index (χ1) is 15.5. The predicted octanol–water partition coefficient (Wildman–Crippen LogP) is 3.14. The molecule has 0 aliphatic heterocycles. The van der Waals surface area contributed by atoms with E-state index in [0.29, 0.717) is 11.3 Å². The SMILES string of the molecule is COc1cc(C(O)c2c(OC)cnn(C(C)c3ccccc3)c2=O)ccc1-n1ccnc1. The molecule has 2 aromatic heterocycles. The van der Waals surface area contributed by atoms with Crippen LogP contribution in [0.25, 0.3) is 5.69 Å². The maximum absolute atomic E-state index is 13.4. The number of aliphatic hydroxyl groups excluding tert-OH is 1.